The molecule has 0 saturated carbocycles. The highest BCUT2D eigenvalue weighted by Crippen LogP contribution is 2.20. The SMILES string of the molecule is O=C(CN1CCN(c2ccccc2)C1=O)N1CCN(c2ncccn2)CC1. The average Bonchev–Trinajstić information content (AvgIpc) is 3.09. The van der Waals surface area contributed by atoms with Gasteiger partial charge in [-0.2, -0.15) is 0 Å². The number of para-hydroxylation sites is 1. The summed E-state index contributed by atoms with van der Waals surface area (Å²) in [5.41, 5.74) is 0.869. The molecule has 0 spiro atoms. The minimum atomic E-state index is -0.106. The minimum Gasteiger partial charge on any atom is -0.338 e. The van der Waals surface area contributed by atoms with Crippen LogP contribution < -0.4 is 9.80 Å². The molecule has 140 valence electrons. The molecular weight excluding hydrogens is 344 g/mol. The Morgan fingerprint density at radius 1 is 0.889 bits per heavy atom. The summed E-state index contributed by atoms with van der Waals surface area (Å²) in [6.07, 6.45) is 3.44. The zero-order valence-corrected chi connectivity index (χ0v) is 15.1. The molecule has 0 aliphatic carbocycles. The van der Waals surface area contributed by atoms with Crippen molar-refractivity contribution in [3.8, 4) is 0 Å². The van der Waals surface area contributed by atoms with Crippen LogP contribution in [-0.2, 0) is 4.79 Å². The van der Waals surface area contributed by atoms with Crippen LogP contribution in [0.4, 0.5) is 16.4 Å². The van der Waals surface area contributed by atoms with Crippen LogP contribution in [0.3, 0.4) is 0 Å². The van der Waals surface area contributed by atoms with Crippen LogP contribution in [-0.4, -0.2) is 77.5 Å². The van der Waals surface area contributed by atoms with Crippen LogP contribution in [0.1, 0.15) is 0 Å². The number of rotatable bonds is 4. The van der Waals surface area contributed by atoms with Gasteiger partial charge in [0.25, 0.3) is 0 Å². The first-order chi connectivity index (χ1) is 13.2. The van der Waals surface area contributed by atoms with Crippen LogP contribution >= 0.6 is 0 Å². The Kier molecular flexibility index (Phi) is 4.86. The summed E-state index contributed by atoms with van der Waals surface area (Å²) in [7, 11) is 0. The van der Waals surface area contributed by atoms with Gasteiger partial charge in [-0.3, -0.25) is 9.69 Å². The fourth-order valence-corrected chi connectivity index (χ4v) is 3.45. The summed E-state index contributed by atoms with van der Waals surface area (Å²) < 4.78 is 0. The second kappa shape index (κ2) is 7.61. The first-order valence-corrected chi connectivity index (χ1v) is 9.13. The van der Waals surface area contributed by atoms with Gasteiger partial charge >= 0.3 is 6.03 Å². The van der Waals surface area contributed by atoms with E-state index >= 15 is 0 Å². The van der Waals surface area contributed by atoms with E-state index in [0.717, 1.165) is 5.69 Å². The number of carbonyl (C=O) groups is 2. The summed E-state index contributed by atoms with van der Waals surface area (Å²) in [6.45, 7) is 3.92. The lowest BCUT2D eigenvalue weighted by molar-refractivity contribution is -0.131. The molecule has 2 aromatic rings. The van der Waals surface area contributed by atoms with Crippen LogP contribution in [0.25, 0.3) is 0 Å². The van der Waals surface area contributed by atoms with E-state index in [4.69, 9.17) is 0 Å². The molecule has 2 aliphatic heterocycles. The summed E-state index contributed by atoms with van der Waals surface area (Å²) in [4.78, 5) is 41.0. The zero-order valence-electron chi connectivity index (χ0n) is 15.1. The molecule has 2 fully saturated rings. The van der Waals surface area contributed by atoms with Crippen molar-refractivity contribution in [3.05, 3.63) is 48.8 Å². The van der Waals surface area contributed by atoms with Crippen LogP contribution in [0, 0.1) is 0 Å². The number of aromatic nitrogens is 2. The van der Waals surface area contributed by atoms with E-state index in [0.29, 0.717) is 45.2 Å². The first kappa shape index (κ1) is 17.3. The molecule has 8 nitrogen and oxygen atoms in total. The third-order valence-corrected chi connectivity index (χ3v) is 4.96. The topological polar surface area (TPSA) is 72.9 Å². The van der Waals surface area contributed by atoms with Gasteiger partial charge < -0.3 is 14.7 Å². The van der Waals surface area contributed by atoms with E-state index in [1.807, 2.05) is 35.2 Å². The third kappa shape index (κ3) is 3.69. The quantitative estimate of drug-likeness (QED) is 0.809. The largest absolute Gasteiger partial charge is 0.338 e. The fourth-order valence-electron chi connectivity index (χ4n) is 3.45. The van der Waals surface area contributed by atoms with Gasteiger partial charge in [-0.15, -0.1) is 0 Å². The van der Waals surface area contributed by atoms with Crippen molar-refractivity contribution in [3.63, 3.8) is 0 Å². The molecule has 0 radical (unpaired) electrons. The lowest BCUT2D eigenvalue weighted by atomic mass is 10.3. The zero-order chi connectivity index (χ0) is 18.6. The number of amides is 3. The molecule has 8 heteroatoms. The van der Waals surface area contributed by atoms with Gasteiger partial charge in [-0.25, -0.2) is 14.8 Å². The van der Waals surface area contributed by atoms with E-state index in [9.17, 15) is 9.59 Å². The molecule has 0 N–H and O–H groups in total. The van der Waals surface area contributed by atoms with E-state index in [2.05, 4.69) is 14.9 Å². The summed E-state index contributed by atoms with van der Waals surface area (Å²) in [6, 6.07) is 11.2. The molecule has 27 heavy (non-hydrogen) atoms. The summed E-state index contributed by atoms with van der Waals surface area (Å²) in [5, 5.41) is 0. The van der Waals surface area contributed by atoms with Gasteiger partial charge in [0.2, 0.25) is 11.9 Å². The lowest BCUT2D eigenvalue weighted by Gasteiger charge is -2.35. The van der Waals surface area contributed by atoms with Crippen molar-refractivity contribution in [1.29, 1.82) is 0 Å². The van der Waals surface area contributed by atoms with Gasteiger partial charge in [0.05, 0.1) is 0 Å². The molecule has 1 aromatic carbocycles. The highest BCUT2D eigenvalue weighted by Gasteiger charge is 2.32. The number of carbonyl (C=O) groups excluding carboxylic acids is 2. The molecule has 4 rings (SSSR count). The Morgan fingerprint density at radius 2 is 1.59 bits per heavy atom. The second-order valence-electron chi connectivity index (χ2n) is 6.61. The molecular formula is C19H22N6O2. The fraction of sp³-hybridized carbons (Fsp3) is 0.368. The average molecular weight is 366 g/mol. The standard InChI is InChI=1S/C19H22N6O2/c26-17(22-9-11-23(12-10-22)18-20-7-4-8-21-18)15-24-13-14-25(19(24)27)16-5-2-1-3-6-16/h1-8H,9-15H2. The van der Waals surface area contributed by atoms with Crippen molar-refractivity contribution in [2.45, 2.75) is 0 Å². The summed E-state index contributed by atoms with van der Waals surface area (Å²) in [5.74, 6) is 0.685. The van der Waals surface area contributed by atoms with Gasteiger partial charge in [0.15, 0.2) is 0 Å². The highest BCUT2D eigenvalue weighted by atomic mass is 16.2. The lowest BCUT2D eigenvalue weighted by Crippen LogP contribution is -2.52. The Morgan fingerprint density at radius 3 is 2.30 bits per heavy atom. The monoisotopic (exact) mass is 366 g/mol. The van der Waals surface area contributed by atoms with Crippen molar-refractivity contribution < 1.29 is 9.59 Å². The molecule has 0 atom stereocenters. The number of hydrogen-bond donors (Lipinski definition) is 0. The van der Waals surface area contributed by atoms with Crippen LogP contribution in [0.15, 0.2) is 48.8 Å². The Bertz CT molecular complexity index is 792. The number of piperazine rings is 1. The van der Waals surface area contributed by atoms with Gasteiger partial charge in [0.1, 0.15) is 6.54 Å². The molecule has 2 aliphatic rings. The first-order valence-electron chi connectivity index (χ1n) is 9.13. The smallest absolute Gasteiger partial charge is 0.325 e. The van der Waals surface area contributed by atoms with E-state index < -0.39 is 0 Å². The second-order valence-corrected chi connectivity index (χ2v) is 6.61. The highest BCUT2D eigenvalue weighted by molar-refractivity contribution is 5.96. The van der Waals surface area contributed by atoms with Crippen LogP contribution in [0.2, 0.25) is 0 Å². The van der Waals surface area contributed by atoms with Crippen molar-refractivity contribution in [2.75, 3.05) is 55.6 Å². The van der Waals surface area contributed by atoms with Gasteiger partial charge in [0, 0.05) is 57.3 Å². The minimum absolute atomic E-state index is 0.00751. The molecule has 0 unspecified atom stereocenters. The van der Waals surface area contributed by atoms with Gasteiger partial charge in [-0.1, -0.05) is 18.2 Å². The maximum absolute atomic E-state index is 12.6. The number of nitrogens with zero attached hydrogens (tertiary/aromatic N) is 6. The van der Waals surface area contributed by atoms with Crippen molar-refractivity contribution in [1.82, 2.24) is 19.8 Å². The number of hydrogen-bond acceptors (Lipinski definition) is 5. The Hall–Kier alpha value is -3.16. The van der Waals surface area contributed by atoms with E-state index in [-0.39, 0.29) is 18.5 Å². The van der Waals surface area contributed by atoms with Gasteiger partial charge in [-0.05, 0) is 18.2 Å². The predicted octanol–water partition coefficient (Wildman–Crippen LogP) is 1.07. The molecule has 3 amide bonds. The maximum Gasteiger partial charge on any atom is 0.325 e. The molecule has 0 bridgehead atoms. The maximum atomic E-state index is 12.6. The Balaban J connectivity index is 1.31. The van der Waals surface area contributed by atoms with E-state index in [1.54, 1.807) is 28.3 Å². The molecule has 2 saturated heterocycles. The number of anilines is 2. The molecule has 1 aromatic heterocycles. The number of benzene rings is 1. The summed E-state index contributed by atoms with van der Waals surface area (Å²) >= 11 is 0. The number of urea groups is 1. The normalized spacial score (nSPS) is 17.6. The van der Waals surface area contributed by atoms with Crippen LogP contribution in [0.5, 0.6) is 0 Å². The van der Waals surface area contributed by atoms with Crippen molar-refractivity contribution in [2.24, 2.45) is 0 Å². The van der Waals surface area contributed by atoms with E-state index in [1.165, 1.54) is 0 Å². The predicted molar refractivity (Wildman–Crippen MR) is 102 cm³/mol. The Labute approximate surface area is 158 Å². The molecule has 3 heterocycles. The third-order valence-electron chi connectivity index (χ3n) is 4.96. The van der Waals surface area contributed by atoms with Crippen molar-refractivity contribution >= 4 is 23.6 Å².